The van der Waals surface area contributed by atoms with Crippen molar-refractivity contribution in [3.8, 4) is 0 Å². The lowest BCUT2D eigenvalue weighted by Gasteiger charge is -2.16. The van der Waals surface area contributed by atoms with Gasteiger partial charge in [-0.15, -0.1) is 0 Å². The van der Waals surface area contributed by atoms with Crippen LogP contribution < -0.4 is 10.5 Å². The maximum Gasteiger partial charge on any atom is 0.242 e. The lowest BCUT2D eigenvalue weighted by atomic mass is 9.99. The molecule has 0 saturated heterocycles. The van der Waals surface area contributed by atoms with Crippen molar-refractivity contribution >= 4 is 27.4 Å². The number of halogens is 1. The molecule has 2 saturated carbocycles. The molecule has 3 N–H and O–H groups in total. The number of sulfonamides is 1. The summed E-state index contributed by atoms with van der Waals surface area (Å²) in [5, 5.41) is 0.161. The van der Waals surface area contributed by atoms with Crippen LogP contribution in [0.15, 0.2) is 17.2 Å². The smallest absolute Gasteiger partial charge is 0.242 e. The third-order valence-electron chi connectivity index (χ3n) is 4.12. The molecule has 0 spiro atoms. The highest BCUT2D eigenvalue weighted by Gasteiger charge is 2.41. The molecular weight excluding hydrogens is 298 g/mol. The third-order valence-corrected chi connectivity index (χ3v) is 5.81. The number of hydrogen-bond acceptors (Lipinski definition) is 4. The Morgan fingerprint density at radius 1 is 1.35 bits per heavy atom. The number of nitrogens with two attached hydrogens (primary N) is 1. The van der Waals surface area contributed by atoms with E-state index < -0.39 is 10.0 Å². The van der Waals surface area contributed by atoms with Crippen LogP contribution in [0.3, 0.4) is 0 Å². The van der Waals surface area contributed by atoms with Gasteiger partial charge in [0, 0.05) is 12.7 Å². The molecule has 0 atom stereocenters. The minimum atomic E-state index is -3.56. The second kappa shape index (κ2) is 5.16. The second-order valence-corrected chi connectivity index (χ2v) is 7.90. The second-order valence-electron chi connectivity index (χ2n) is 5.73. The molecule has 0 aromatic carbocycles. The van der Waals surface area contributed by atoms with E-state index in [1.165, 1.54) is 37.9 Å². The SMILES string of the molecule is Nc1ncc(S(=O)(=O)NCC(C2CC2)C2CC2)cc1Cl. The zero-order valence-electron chi connectivity index (χ0n) is 11.0. The molecule has 0 radical (unpaired) electrons. The van der Waals surface area contributed by atoms with Crippen LogP contribution in [-0.2, 0) is 10.0 Å². The fourth-order valence-electron chi connectivity index (χ4n) is 2.63. The van der Waals surface area contributed by atoms with Gasteiger partial charge in [-0.05, 0) is 49.5 Å². The van der Waals surface area contributed by atoms with Gasteiger partial charge in [-0.25, -0.2) is 18.1 Å². The van der Waals surface area contributed by atoms with E-state index in [0.29, 0.717) is 24.3 Å². The van der Waals surface area contributed by atoms with Crippen molar-refractivity contribution in [3.05, 3.63) is 17.3 Å². The Hall–Kier alpha value is -0.850. The first-order valence-corrected chi connectivity index (χ1v) is 8.74. The zero-order chi connectivity index (χ0) is 14.3. The Morgan fingerprint density at radius 3 is 2.45 bits per heavy atom. The summed E-state index contributed by atoms with van der Waals surface area (Å²) < 4.78 is 27.2. The van der Waals surface area contributed by atoms with Gasteiger partial charge in [-0.1, -0.05) is 11.6 Å². The molecular formula is C13H18ClN3O2S. The highest BCUT2D eigenvalue weighted by atomic mass is 35.5. The molecule has 0 unspecified atom stereocenters. The summed E-state index contributed by atoms with van der Waals surface area (Å²) in [5.41, 5.74) is 5.49. The molecule has 1 aromatic heterocycles. The lowest BCUT2D eigenvalue weighted by Crippen LogP contribution is -2.31. The summed E-state index contributed by atoms with van der Waals surface area (Å²) >= 11 is 5.82. The Labute approximate surface area is 124 Å². The van der Waals surface area contributed by atoms with Gasteiger partial charge in [-0.2, -0.15) is 0 Å². The number of rotatable bonds is 6. The third kappa shape index (κ3) is 3.07. The molecule has 3 rings (SSSR count). The summed E-state index contributed by atoms with van der Waals surface area (Å²) in [7, 11) is -3.56. The average Bonchev–Trinajstić information content (AvgIpc) is 3.25. The summed E-state index contributed by atoms with van der Waals surface area (Å²) in [6.07, 6.45) is 6.18. The fourth-order valence-corrected chi connectivity index (χ4v) is 3.91. The number of anilines is 1. The van der Waals surface area contributed by atoms with Crippen LogP contribution in [0.1, 0.15) is 25.7 Å². The van der Waals surface area contributed by atoms with Crippen molar-refractivity contribution in [3.63, 3.8) is 0 Å². The highest BCUT2D eigenvalue weighted by Crippen LogP contribution is 2.48. The predicted molar refractivity (Wildman–Crippen MR) is 77.8 cm³/mol. The van der Waals surface area contributed by atoms with Crippen LogP contribution in [0.4, 0.5) is 5.82 Å². The van der Waals surface area contributed by atoms with Crippen molar-refractivity contribution in [2.75, 3.05) is 12.3 Å². The van der Waals surface area contributed by atoms with Crippen molar-refractivity contribution in [1.82, 2.24) is 9.71 Å². The largest absolute Gasteiger partial charge is 0.382 e. The van der Waals surface area contributed by atoms with Crippen molar-refractivity contribution in [1.29, 1.82) is 0 Å². The Balaban J connectivity index is 1.69. The van der Waals surface area contributed by atoms with E-state index in [-0.39, 0.29) is 15.7 Å². The van der Waals surface area contributed by atoms with Gasteiger partial charge in [0.15, 0.2) is 0 Å². The molecule has 1 aromatic rings. The maximum absolute atomic E-state index is 12.2. The Morgan fingerprint density at radius 2 is 1.95 bits per heavy atom. The minimum Gasteiger partial charge on any atom is -0.382 e. The molecule has 110 valence electrons. The normalized spacial score (nSPS) is 19.5. The molecule has 0 bridgehead atoms. The van der Waals surface area contributed by atoms with Crippen molar-refractivity contribution in [2.45, 2.75) is 30.6 Å². The molecule has 2 aliphatic rings. The van der Waals surface area contributed by atoms with Crippen LogP contribution in [0.25, 0.3) is 0 Å². The number of hydrogen-bond donors (Lipinski definition) is 2. The van der Waals surface area contributed by atoms with E-state index in [2.05, 4.69) is 9.71 Å². The van der Waals surface area contributed by atoms with Crippen molar-refractivity contribution in [2.24, 2.45) is 17.8 Å². The quantitative estimate of drug-likeness (QED) is 0.841. The fraction of sp³-hybridized carbons (Fsp3) is 0.615. The molecule has 1 heterocycles. The van der Waals surface area contributed by atoms with E-state index >= 15 is 0 Å². The Kier molecular flexibility index (Phi) is 3.64. The summed E-state index contributed by atoms with van der Waals surface area (Å²) in [6.45, 7) is 0.514. The minimum absolute atomic E-state index is 0.0713. The molecule has 5 nitrogen and oxygen atoms in total. The summed E-state index contributed by atoms with van der Waals surface area (Å²) in [4.78, 5) is 3.86. The number of nitrogens with zero attached hydrogens (tertiary/aromatic N) is 1. The monoisotopic (exact) mass is 315 g/mol. The van der Waals surface area contributed by atoms with E-state index in [1.54, 1.807) is 0 Å². The Bertz CT molecular complexity index is 600. The highest BCUT2D eigenvalue weighted by molar-refractivity contribution is 7.89. The maximum atomic E-state index is 12.2. The van der Waals surface area contributed by atoms with Crippen LogP contribution in [0, 0.1) is 17.8 Å². The number of nitrogens with one attached hydrogen (secondary N) is 1. The van der Waals surface area contributed by atoms with Gasteiger partial charge in [-0.3, -0.25) is 0 Å². The van der Waals surface area contributed by atoms with Gasteiger partial charge >= 0.3 is 0 Å². The first-order valence-electron chi connectivity index (χ1n) is 6.88. The predicted octanol–water partition coefficient (Wildman–Crippen LogP) is 2.03. The summed E-state index contributed by atoms with van der Waals surface area (Å²) in [5.74, 6) is 2.04. The van der Waals surface area contributed by atoms with Gasteiger partial charge < -0.3 is 5.73 Å². The number of pyridine rings is 1. The van der Waals surface area contributed by atoms with Gasteiger partial charge in [0.05, 0.1) is 5.02 Å². The van der Waals surface area contributed by atoms with Gasteiger partial charge in [0.1, 0.15) is 10.7 Å². The van der Waals surface area contributed by atoms with Crippen LogP contribution in [0.2, 0.25) is 5.02 Å². The molecule has 0 amide bonds. The van der Waals surface area contributed by atoms with E-state index in [0.717, 1.165) is 0 Å². The number of nitrogen functional groups attached to an aromatic ring is 1. The van der Waals surface area contributed by atoms with Crippen molar-refractivity contribution < 1.29 is 8.42 Å². The molecule has 2 fully saturated rings. The lowest BCUT2D eigenvalue weighted by molar-refractivity contribution is 0.401. The molecule has 7 heteroatoms. The zero-order valence-corrected chi connectivity index (χ0v) is 12.6. The van der Waals surface area contributed by atoms with Gasteiger partial charge in [0.25, 0.3) is 0 Å². The standard InChI is InChI=1S/C13H18ClN3O2S/c14-12-5-10(6-16-13(12)15)20(18,19)17-7-11(8-1-2-8)9-3-4-9/h5-6,8-9,11,17H,1-4,7H2,(H2,15,16). The molecule has 20 heavy (non-hydrogen) atoms. The summed E-state index contributed by atoms with van der Waals surface area (Å²) in [6, 6.07) is 1.34. The molecule has 0 aliphatic heterocycles. The molecule has 2 aliphatic carbocycles. The first kappa shape index (κ1) is 14.1. The van der Waals surface area contributed by atoms with E-state index in [9.17, 15) is 8.42 Å². The first-order chi connectivity index (χ1) is 9.47. The van der Waals surface area contributed by atoms with E-state index in [1.807, 2.05) is 0 Å². The topological polar surface area (TPSA) is 85.1 Å². The van der Waals surface area contributed by atoms with Gasteiger partial charge in [0.2, 0.25) is 10.0 Å². The average molecular weight is 316 g/mol. The van der Waals surface area contributed by atoms with Crippen LogP contribution >= 0.6 is 11.6 Å². The van der Waals surface area contributed by atoms with Crippen LogP contribution in [-0.4, -0.2) is 19.9 Å². The van der Waals surface area contributed by atoms with Crippen LogP contribution in [0.5, 0.6) is 0 Å². The van der Waals surface area contributed by atoms with E-state index in [4.69, 9.17) is 17.3 Å². The number of aromatic nitrogens is 1.